The molecule has 0 radical (unpaired) electrons. The maximum atomic E-state index is 12.7. The van der Waals surface area contributed by atoms with E-state index in [-0.39, 0.29) is 5.82 Å². The summed E-state index contributed by atoms with van der Waals surface area (Å²) in [5.74, 6) is -0.0465. The van der Waals surface area contributed by atoms with Gasteiger partial charge in [-0.25, -0.2) is 4.39 Å². The molecular weight excluding hydrogens is 181 g/mol. The molecule has 1 atom stereocenters. The minimum atomic E-state index is -0.524. The van der Waals surface area contributed by atoms with Crippen LogP contribution in [0.15, 0.2) is 18.2 Å². The molecule has 1 aromatic carbocycles. The van der Waals surface area contributed by atoms with Gasteiger partial charge in [-0.2, -0.15) is 0 Å². The molecule has 3 heteroatoms. The third kappa shape index (κ3) is 1.60. The number of aliphatic hydroxyl groups is 1. The van der Waals surface area contributed by atoms with Crippen LogP contribution < -0.4 is 5.73 Å². The van der Waals surface area contributed by atoms with Gasteiger partial charge in [0.25, 0.3) is 0 Å². The van der Waals surface area contributed by atoms with Gasteiger partial charge in [0, 0.05) is 11.3 Å². The highest BCUT2D eigenvalue weighted by molar-refractivity contribution is 5.48. The number of aliphatic hydroxyl groups excluding tert-OH is 1. The first-order valence-corrected chi connectivity index (χ1v) is 4.91. The van der Waals surface area contributed by atoms with E-state index in [1.54, 1.807) is 6.07 Å². The molecule has 76 valence electrons. The molecule has 2 nitrogen and oxygen atoms in total. The predicted molar refractivity (Wildman–Crippen MR) is 53.1 cm³/mol. The second-order valence-electron chi connectivity index (χ2n) is 3.91. The minimum Gasteiger partial charge on any atom is -0.398 e. The summed E-state index contributed by atoms with van der Waals surface area (Å²) < 4.78 is 12.7. The molecule has 2 rings (SSSR count). The first kappa shape index (κ1) is 9.46. The molecule has 0 aliphatic heterocycles. The Morgan fingerprint density at radius 2 is 2.14 bits per heavy atom. The van der Waals surface area contributed by atoms with Gasteiger partial charge >= 0.3 is 0 Å². The van der Waals surface area contributed by atoms with Crippen molar-refractivity contribution >= 4 is 5.69 Å². The van der Waals surface area contributed by atoms with Crippen molar-refractivity contribution in [2.75, 3.05) is 5.73 Å². The summed E-state index contributed by atoms with van der Waals surface area (Å²) in [6.45, 7) is 0. The first-order chi connectivity index (χ1) is 6.68. The number of nitrogen functional groups attached to an aromatic ring is 1. The number of nitrogens with two attached hydrogens (primary N) is 1. The lowest BCUT2D eigenvalue weighted by molar-refractivity contribution is 0.0626. The maximum absolute atomic E-state index is 12.7. The van der Waals surface area contributed by atoms with E-state index < -0.39 is 6.10 Å². The monoisotopic (exact) mass is 195 g/mol. The fourth-order valence-corrected chi connectivity index (χ4v) is 1.82. The van der Waals surface area contributed by atoms with Crippen molar-refractivity contribution in [3.63, 3.8) is 0 Å². The molecule has 1 aliphatic rings. The van der Waals surface area contributed by atoms with Crippen LogP contribution in [0.1, 0.15) is 30.9 Å². The van der Waals surface area contributed by atoms with E-state index in [0.717, 1.165) is 12.8 Å². The zero-order valence-electron chi connectivity index (χ0n) is 7.91. The lowest BCUT2D eigenvalue weighted by Gasteiger charge is -2.31. The van der Waals surface area contributed by atoms with Crippen molar-refractivity contribution < 1.29 is 9.50 Å². The number of benzene rings is 1. The highest BCUT2D eigenvalue weighted by atomic mass is 19.1. The molecule has 0 aromatic heterocycles. The molecule has 0 bridgehead atoms. The maximum Gasteiger partial charge on any atom is 0.125 e. The highest BCUT2D eigenvalue weighted by Crippen LogP contribution is 2.39. The average molecular weight is 195 g/mol. The predicted octanol–water partition coefficient (Wildman–Crippen LogP) is 2.24. The minimum absolute atomic E-state index is 0.308. The summed E-state index contributed by atoms with van der Waals surface area (Å²) in [5.41, 5.74) is 6.65. The van der Waals surface area contributed by atoms with Gasteiger partial charge in [0.1, 0.15) is 5.82 Å². The van der Waals surface area contributed by atoms with E-state index in [2.05, 4.69) is 0 Å². The molecule has 0 amide bonds. The van der Waals surface area contributed by atoms with Gasteiger partial charge in [0.2, 0.25) is 0 Å². The van der Waals surface area contributed by atoms with Gasteiger partial charge in [-0.1, -0.05) is 12.5 Å². The summed E-state index contributed by atoms with van der Waals surface area (Å²) in [7, 11) is 0. The Bertz CT molecular complexity index is 336. The number of anilines is 1. The summed E-state index contributed by atoms with van der Waals surface area (Å²) >= 11 is 0. The zero-order valence-corrected chi connectivity index (χ0v) is 7.91. The standard InChI is InChI=1S/C11H14FNO/c12-8-4-5-9(10(13)6-8)11(14)7-2-1-3-7/h4-7,11,14H,1-3,13H2. The largest absolute Gasteiger partial charge is 0.398 e. The Morgan fingerprint density at radius 3 is 2.64 bits per heavy atom. The van der Waals surface area contributed by atoms with Crippen LogP contribution in [0.3, 0.4) is 0 Å². The smallest absolute Gasteiger partial charge is 0.125 e. The number of hydrogen-bond donors (Lipinski definition) is 2. The normalized spacial score (nSPS) is 19.0. The van der Waals surface area contributed by atoms with Gasteiger partial charge < -0.3 is 10.8 Å². The van der Waals surface area contributed by atoms with Crippen molar-refractivity contribution in [2.45, 2.75) is 25.4 Å². The summed E-state index contributed by atoms with van der Waals surface area (Å²) in [6.07, 6.45) is 2.73. The molecule has 0 heterocycles. The van der Waals surface area contributed by atoms with Crippen LogP contribution in [-0.2, 0) is 0 Å². The van der Waals surface area contributed by atoms with E-state index in [4.69, 9.17) is 5.73 Å². The molecule has 1 saturated carbocycles. The Hall–Kier alpha value is -1.09. The average Bonchev–Trinajstić information content (AvgIpc) is 2.00. The molecule has 1 aromatic rings. The van der Waals surface area contributed by atoms with Crippen molar-refractivity contribution in [2.24, 2.45) is 5.92 Å². The van der Waals surface area contributed by atoms with Crippen LogP contribution in [0.2, 0.25) is 0 Å². The number of hydrogen-bond acceptors (Lipinski definition) is 2. The zero-order chi connectivity index (χ0) is 10.1. The third-order valence-electron chi connectivity index (χ3n) is 2.96. The quantitative estimate of drug-likeness (QED) is 0.711. The van der Waals surface area contributed by atoms with Crippen molar-refractivity contribution in [3.8, 4) is 0 Å². The fraction of sp³-hybridized carbons (Fsp3) is 0.455. The number of halogens is 1. The van der Waals surface area contributed by atoms with Gasteiger partial charge in [-0.15, -0.1) is 0 Å². The Morgan fingerprint density at radius 1 is 1.43 bits per heavy atom. The van der Waals surface area contributed by atoms with E-state index in [9.17, 15) is 9.50 Å². The van der Waals surface area contributed by atoms with E-state index >= 15 is 0 Å². The van der Waals surface area contributed by atoms with Crippen LogP contribution >= 0.6 is 0 Å². The van der Waals surface area contributed by atoms with Gasteiger partial charge in [0.05, 0.1) is 6.10 Å². The number of rotatable bonds is 2. The van der Waals surface area contributed by atoms with Gasteiger partial charge in [-0.3, -0.25) is 0 Å². The fourth-order valence-electron chi connectivity index (χ4n) is 1.82. The second kappa shape index (κ2) is 3.58. The molecule has 14 heavy (non-hydrogen) atoms. The first-order valence-electron chi connectivity index (χ1n) is 4.91. The van der Waals surface area contributed by atoms with Crippen LogP contribution in [0.4, 0.5) is 10.1 Å². The summed E-state index contributed by atoms with van der Waals surface area (Å²) in [5, 5.41) is 9.91. The summed E-state index contributed by atoms with van der Waals surface area (Å²) in [6, 6.07) is 4.18. The van der Waals surface area contributed by atoms with Crippen LogP contribution in [0.25, 0.3) is 0 Å². The van der Waals surface area contributed by atoms with Gasteiger partial charge in [0.15, 0.2) is 0 Å². The van der Waals surface area contributed by atoms with Crippen LogP contribution in [0.5, 0.6) is 0 Å². The van der Waals surface area contributed by atoms with Crippen LogP contribution in [0, 0.1) is 11.7 Å². The Labute approximate surface area is 82.5 Å². The molecule has 3 N–H and O–H groups in total. The molecule has 1 aliphatic carbocycles. The third-order valence-corrected chi connectivity index (χ3v) is 2.96. The molecule has 1 unspecified atom stereocenters. The Balaban J connectivity index is 2.22. The molecule has 0 spiro atoms. The molecule has 1 fully saturated rings. The lowest BCUT2D eigenvalue weighted by Crippen LogP contribution is -2.20. The lowest BCUT2D eigenvalue weighted by atomic mass is 9.78. The van der Waals surface area contributed by atoms with E-state index in [0.29, 0.717) is 17.2 Å². The van der Waals surface area contributed by atoms with Crippen LogP contribution in [-0.4, -0.2) is 5.11 Å². The Kier molecular flexibility index (Phi) is 2.42. The topological polar surface area (TPSA) is 46.2 Å². The van der Waals surface area contributed by atoms with E-state index in [1.807, 2.05) is 0 Å². The molecule has 0 saturated heterocycles. The van der Waals surface area contributed by atoms with Crippen molar-refractivity contribution in [1.29, 1.82) is 0 Å². The SMILES string of the molecule is Nc1cc(F)ccc1C(O)C1CCC1. The van der Waals surface area contributed by atoms with Crippen molar-refractivity contribution in [1.82, 2.24) is 0 Å². The van der Waals surface area contributed by atoms with E-state index in [1.165, 1.54) is 18.6 Å². The molecular formula is C11H14FNO. The highest BCUT2D eigenvalue weighted by Gasteiger charge is 2.27. The van der Waals surface area contributed by atoms with Gasteiger partial charge in [-0.05, 0) is 30.9 Å². The second-order valence-corrected chi connectivity index (χ2v) is 3.91. The summed E-state index contributed by atoms with van der Waals surface area (Å²) in [4.78, 5) is 0. The van der Waals surface area contributed by atoms with Crippen molar-refractivity contribution in [3.05, 3.63) is 29.6 Å².